The van der Waals surface area contributed by atoms with Gasteiger partial charge in [-0.1, -0.05) is 18.2 Å². The Labute approximate surface area is 238 Å². The van der Waals surface area contributed by atoms with E-state index in [-0.39, 0.29) is 34.1 Å². The summed E-state index contributed by atoms with van der Waals surface area (Å²) in [5.41, 5.74) is -1.95. The number of allylic oxidation sites excluding steroid dienone is 2. The molecule has 0 bridgehead atoms. The van der Waals surface area contributed by atoms with Crippen LogP contribution in [0.1, 0.15) is 24.0 Å². The van der Waals surface area contributed by atoms with Crippen LogP contribution in [0.25, 0.3) is 10.1 Å². The highest BCUT2D eigenvalue weighted by Crippen LogP contribution is 2.47. The van der Waals surface area contributed by atoms with E-state index in [0.29, 0.717) is 6.42 Å². The first-order chi connectivity index (χ1) is 19.4. The van der Waals surface area contributed by atoms with Crippen molar-refractivity contribution in [1.82, 2.24) is 9.62 Å². The van der Waals surface area contributed by atoms with Gasteiger partial charge < -0.3 is 14.2 Å². The van der Waals surface area contributed by atoms with Crippen LogP contribution >= 0.6 is 18.9 Å². The minimum absolute atomic E-state index is 0.0271. The first-order valence-electron chi connectivity index (χ1n) is 12.1. The predicted molar refractivity (Wildman–Crippen MR) is 147 cm³/mol. The largest absolute Gasteiger partial charge is 0.493 e. The molecule has 0 fully saturated rings. The third-order valence-electron chi connectivity index (χ3n) is 5.76. The maximum absolute atomic E-state index is 14.2. The third kappa shape index (κ3) is 7.86. The summed E-state index contributed by atoms with van der Waals surface area (Å²) < 4.78 is 92.1. The minimum atomic E-state index is -5.16. The van der Waals surface area contributed by atoms with E-state index >= 15 is 0 Å². The van der Waals surface area contributed by atoms with Crippen molar-refractivity contribution in [3.8, 4) is 17.6 Å². The molecule has 0 radical (unpaired) electrons. The number of nitrogens with one attached hydrogen (secondary N) is 1. The number of nitriles is 1. The Balaban J connectivity index is 1.54. The topological polar surface area (TPSA) is 129 Å². The molecule has 15 heteroatoms. The highest BCUT2D eigenvalue weighted by Gasteiger charge is 2.43. The number of hydrogen-bond donors (Lipinski definition) is 2. The van der Waals surface area contributed by atoms with Crippen molar-refractivity contribution in [3.05, 3.63) is 78.0 Å². The first-order valence-corrected chi connectivity index (χ1v) is 16.2. The van der Waals surface area contributed by atoms with Gasteiger partial charge in [0, 0.05) is 16.6 Å². The van der Waals surface area contributed by atoms with Gasteiger partial charge in [-0.05, 0) is 37.1 Å². The number of para-hydroxylation sites is 1. The van der Waals surface area contributed by atoms with Gasteiger partial charge in [0.2, 0.25) is 0 Å². The molecular formula is C26H24F3N3O6PS2+. The summed E-state index contributed by atoms with van der Waals surface area (Å²) in [6.45, 7) is 1.74. The Morgan fingerprint density at radius 1 is 1.20 bits per heavy atom. The Hall–Kier alpha value is -3.43. The fraction of sp³-hybridized carbons (Fsp3) is 0.269. The summed E-state index contributed by atoms with van der Waals surface area (Å²) in [6, 6.07) is 11.5. The number of nitrogens with zero attached hydrogens (tertiary/aromatic N) is 2. The molecule has 0 saturated carbocycles. The molecule has 0 amide bonds. The second-order valence-electron chi connectivity index (χ2n) is 8.80. The minimum Gasteiger partial charge on any atom is -0.493 e. The van der Waals surface area contributed by atoms with E-state index in [1.807, 2.05) is 12.3 Å². The van der Waals surface area contributed by atoms with Crippen molar-refractivity contribution in [2.45, 2.75) is 23.2 Å². The Morgan fingerprint density at radius 3 is 2.61 bits per heavy atom. The number of benzene rings is 2. The summed E-state index contributed by atoms with van der Waals surface area (Å²) in [5.74, 6) is 0.0909. The van der Waals surface area contributed by atoms with Gasteiger partial charge in [-0.2, -0.15) is 23.2 Å². The second-order valence-corrected chi connectivity index (χ2v) is 13.6. The average Bonchev–Trinajstić information content (AvgIpc) is 3.34. The van der Waals surface area contributed by atoms with Crippen LogP contribution in [0.3, 0.4) is 0 Å². The molecule has 0 saturated heterocycles. The van der Waals surface area contributed by atoms with Crippen LogP contribution in [0.4, 0.5) is 13.2 Å². The molecule has 1 aromatic heterocycles. The molecule has 2 aromatic carbocycles. The number of sulfonamides is 1. The van der Waals surface area contributed by atoms with Crippen molar-refractivity contribution >= 4 is 39.0 Å². The van der Waals surface area contributed by atoms with Gasteiger partial charge in [0.1, 0.15) is 28.2 Å². The molecule has 9 nitrogen and oxygen atoms in total. The van der Waals surface area contributed by atoms with Gasteiger partial charge in [0.05, 0.1) is 42.5 Å². The average molecular weight is 627 g/mol. The third-order valence-corrected chi connectivity index (χ3v) is 10.1. The number of thiophene rings is 1. The van der Waals surface area contributed by atoms with E-state index in [1.54, 1.807) is 22.9 Å². The fourth-order valence-corrected chi connectivity index (χ4v) is 8.29. The summed E-state index contributed by atoms with van der Waals surface area (Å²) in [5, 5.41) is 9.04. The molecule has 1 aliphatic rings. The molecule has 1 atom stereocenters. The zero-order chi connectivity index (χ0) is 29.7. The van der Waals surface area contributed by atoms with Crippen molar-refractivity contribution in [1.29, 1.82) is 5.26 Å². The number of fused-ring (bicyclic) bond motifs is 1. The van der Waals surface area contributed by atoms with E-state index in [1.165, 1.54) is 30.3 Å². The number of hydrogen-bond acceptors (Lipinski definition) is 8. The lowest BCUT2D eigenvalue weighted by molar-refractivity contribution is -0.138. The van der Waals surface area contributed by atoms with Crippen molar-refractivity contribution in [2.24, 2.45) is 0 Å². The van der Waals surface area contributed by atoms with E-state index in [0.717, 1.165) is 25.6 Å². The predicted octanol–water partition coefficient (Wildman–Crippen LogP) is 5.64. The number of ether oxygens (including phenoxy) is 1. The summed E-state index contributed by atoms with van der Waals surface area (Å²) in [7, 11) is -9.59. The Bertz CT molecular complexity index is 1650. The number of alkyl halides is 3. The lowest BCUT2D eigenvalue weighted by Gasteiger charge is -2.15. The van der Waals surface area contributed by atoms with E-state index in [9.17, 15) is 36.3 Å². The maximum atomic E-state index is 14.2. The van der Waals surface area contributed by atoms with Gasteiger partial charge in [0.15, 0.2) is 6.08 Å². The van der Waals surface area contributed by atoms with Gasteiger partial charge in [-0.25, -0.2) is 13.0 Å². The summed E-state index contributed by atoms with van der Waals surface area (Å²) >= 11 is 0.281. The first kappa shape index (κ1) is 30.5. The van der Waals surface area contributed by atoms with Crippen LogP contribution in [-0.2, 0) is 20.8 Å². The van der Waals surface area contributed by atoms with Crippen LogP contribution in [0.15, 0.2) is 65.0 Å². The molecule has 1 aliphatic heterocycles. The molecular weight excluding hydrogens is 602 g/mol. The lowest BCUT2D eigenvalue weighted by Crippen LogP contribution is -2.27. The quantitative estimate of drug-likeness (QED) is 0.150. The van der Waals surface area contributed by atoms with Gasteiger partial charge in [-0.3, -0.25) is 4.90 Å². The van der Waals surface area contributed by atoms with Crippen molar-refractivity contribution in [3.63, 3.8) is 0 Å². The van der Waals surface area contributed by atoms with E-state index in [4.69, 9.17) is 9.26 Å². The SMILES string of the molecule is N#Cc1cc(OCCCCN2C=C[C+]=CC2)cc2sc(S(=O)(=O)NCP(=O)(O)Oc3ccccc3)c(C(F)(F)F)c12. The number of halogens is 3. The molecule has 1 unspecified atom stereocenters. The van der Waals surface area contributed by atoms with E-state index < -0.39 is 50.8 Å². The molecule has 216 valence electrons. The normalized spacial score (nSPS) is 14.9. The van der Waals surface area contributed by atoms with E-state index in [2.05, 4.69) is 11.0 Å². The molecule has 0 spiro atoms. The van der Waals surface area contributed by atoms with Crippen LogP contribution in [-0.4, -0.2) is 44.2 Å². The molecule has 3 aromatic rings. The smallest absolute Gasteiger partial charge is 0.419 e. The van der Waals surface area contributed by atoms with Crippen molar-refractivity contribution in [2.75, 3.05) is 26.0 Å². The highest BCUT2D eigenvalue weighted by molar-refractivity contribution is 7.92. The second kappa shape index (κ2) is 12.6. The zero-order valence-electron chi connectivity index (χ0n) is 21.3. The Morgan fingerprint density at radius 2 is 1.95 bits per heavy atom. The van der Waals surface area contributed by atoms with Crippen LogP contribution < -0.4 is 14.0 Å². The van der Waals surface area contributed by atoms with Crippen LogP contribution in [0, 0.1) is 17.4 Å². The fourth-order valence-electron chi connectivity index (χ4n) is 3.93. The van der Waals surface area contributed by atoms with Crippen LogP contribution in [0.5, 0.6) is 11.5 Å². The zero-order valence-corrected chi connectivity index (χ0v) is 23.8. The van der Waals surface area contributed by atoms with Gasteiger partial charge in [-0.15, -0.1) is 11.3 Å². The highest BCUT2D eigenvalue weighted by atomic mass is 32.2. The Kier molecular flexibility index (Phi) is 9.39. The van der Waals surface area contributed by atoms with Crippen LogP contribution in [0.2, 0.25) is 0 Å². The molecule has 2 N–H and O–H groups in total. The molecule has 0 aliphatic carbocycles. The molecule has 41 heavy (non-hydrogen) atoms. The monoisotopic (exact) mass is 626 g/mol. The molecule has 4 rings (SSSR count). The number of rotatable bonds is 12. The van der Waals surface area contributed by atoms with Gasteiger partial charge in [0.25, 0.3) is 10.0 Å². The maximum Gasteiger partial charge on any atom is 0.419 e. The summed E-state index contributed by atoms with van der Waals surface area (Å²) in [6.07, 6.45) is 3.66. The molecule has 2 heterocycles. The lowest BCUT2D eigenvalue weighted by atomic mass is 10.1. The van der Waals surface area contributed by atoms with Crippen molar-refractivity contribution < 1.29 is 40.3 Å². The van der Waals surface area contributed by atoms with Gasteiger partial charge >= 0.3 is 13.8 Å². The standard InChI is InChI=1S/C26H23F3N3O6PS2/c27-26(28,29)24-23-19(17-30)15-21(37-14-8-7-13-32-11-5-2-6-12-32)16-22(23)40-25(24)41(35,36)31-18-39(33,34)38-20-9-3-1-4-10-20/h1,3-6,9-11,15-16,31H,7-8,12-14,18H2/p+1. The summed E-state index contributed by atoms with van der Waals surface area (Å²) in [4.78, 5) is 12.2. The number of unbranched alkanes of at least 4 members (excludes halogenated alkanes) is 1.